The Kier molecular flexibility index (Phi) is 5.71. The highest BCUT2D eigenvalue weighted by Gasteiger charge is 2.36. The Balaban J connectivity index is 1.88. The first-order chi connectivity index (χ1) is 13.1. The molecule has 0 aliphatic carbocycles. The molecule has 7 heteroatoms. The highest BCUT2D eigenvalue weighted by molar-refractivity contribution is 8.19. The van der Waals surface area contributed by atoms with Crippen molar-refractivity contribution in [1.82, 2.24) is 0 Å². The number of hydrogen-bond acceptors (Lipinski definition) is 6. The van der Waals surface area contributed by atoms with Gasteiger partial charge < -0.3 is 14.2 Å². The molecule has 0 bridgehead atoms. The van der Waals surface area contributed by atoms with Crippen molar-refractivity contribution in [3.8, 4) is 17.2 Å². The van der Waals surface area contributed by atoms with Gasteiger partial charge in [0.15, 0.2) is 0 Å². The maximum Gasteiger partial charge on any atom is 0.298 e. The molecule has 1 saturated heterocycles. The van der Waals surface area contributed by atoms with Crippen LogP contribution in [0.5, 0.6) is 17.2 Å². The van der Waals surface area contributed by atoms with Gasteiger partial charge in [0.2, 0.25) is 0 Å². The zero-order valence-corrected chi connectivity index (χ0v) is 16.0. The molecule has 6 nitrogen and oxygen atoms in total. The maximum absolute atomic E-state index is 12.8. The minimum absolute atomic E-state index is 0.331. The Morgan fingerprint density at radius 2 is 1.70 bits per heavy atom. The van der Waals surface area contributed by atoms with Gasteiger partial charge in [0.1, 0.15) is 17.2 Å². The van der Waals surface area contributed by atoms with Crippen LogP contribution in [0.4, 0.5) is 10.5 Å². The van der Waals surface area contributed by atoms with E-state index in [1.807, 2.05) is 6.92 Å². The fourth-order valence-electron chi connectivity index (χ4n) is 2.63. The highest BCUT2D eigenvalue weighted by Crippen LogP contribution is 2.37. The van der Waals surface area contributed by atoms with Gasteiger partial charge >= 0.3 is 0 Å². The number of amides is 2. The first kappa shape index (κ1) is 18.8. The maximum atomic E-state index is 12.8. The number of methoxy groups -OCH3 is 2. The van der Waals surface area contributed by atoms with Crippen LogP contribution in [0.25, 0.3) is 6.08 Å². The van der Waals surface area contributed by atoms with E-state index < -0.39 is 0 Å². The lowest BCUT2D eigenvalue weighted by molar-refractivity contribution is -0.113. The summed E-state index contributed by atoms with van der Waals surface area (Å²) in [5, 5.41) is -0.345. The number of benzene rings is 2. The monoisotopic (exact) mass is 385 g/mol. The summed E-state index contributed by atoms with van der Waals surface area (Å²) in [6, 6.07) is 12.1. The summed E-state index contributed by atoms with van der Waals surface area (Å²) in [5.74, 6) is 1.52. The molecule has 27 heavy (non-hydrogen) atoms. The molecule has 140 valence electrons. The Labute approximate surface area is 161 Å². The molecule has 0 spiro atoms. The molecule has 1 aliphatic rings. The third-order valence-corrected chi connectivity index (χ3v) is 4.80. The molecule has 2 aromatic rings. The summed E-state index contributed by atoms with van der Waals surface area (Å²) in [6.45, 7) is 2.44. The Morgan fingerprint density at radius 3 is 2.33 bits per heavy atom. The van der Waals surface area contributed by atoms with Gasteiger partial charge in [0, 0.05) is 11.6 Å². The van der Waals surface area contributed by atoms with Gasteiger partial charge in [-0.3, -0.25) is 9.59 Å². The van der Waals surface area contributed by atoms with Crippen LogP contribution < -0.4 is 19.1 Å². The lowest BCUT2D eigenvalue weighted by Crippen LogP contribution is -2.27. The van der Waals surface area contributed by atoms with Gasteiger partial charge in [-0.1, -0.05) is 0 Å². The summed E-state index contributed by atoms with van der Waals surface area (Å²) >= 11 is 0.896. The minimum atomic E-state index is -0.368. The molecular formula is C20H19NO5S. The molecule has 1 aliphatic heterocycles. The summed E-state index contributed by atoms with van der Waals surface area (Å²) in [4.78, 5) is 26.7. The number of imide groups is 1. The van der Waals surface area contributed by atoms with E-state index in [0.717, 1.165) is 16.7 Å². The van der Waals surface area contributed by atoms with E-state index in [2.05, 4.69) is 0 Å². The number of hydrogen-bond donors (Lipinski definition) is 0. The van der Waals surface area contributed by atoms with Crippen molar-refractivity contribution in [2.24, 2.45) is 0 Å². The van der Waals surface area contributed by atoms with Crippen LogP contribution in [-0.2, 0) is 4.79 Å². The SMILES string of the molecule is CCOc1ccc(N2C(=O)S/C(=C/c3ccc(OC)cc3OC)C2=O)cc1. The molecule has 2 amide bonds. The number of carbonyl (C=O) groups is 2. The highest BCUT2D eigenvalue weighted by atomic mass is 32.2. The normalized spacial score (nSPS) is 15.4. The molecule has 2 aromatic carbocycles. The summed E-state index contributed by atoms with van der Waals surface area (Å²) in [5.41, 5.74) is 1.20. The number of rotatable bonds is 6. The quantitative estimate of drug-likeness (QED) is 0.689. The predicted molar refractivity (Wildman–Crippen MR) is 106 cm³/mol. The van der Waals surface area contributed by atoms with E-state index >= 15 is 0 Å². The third-order valence-electron chi connectivity index (χ3n) is 3.93. The molecule has 0 atom stereocenters. The topological polar surface area (TPSA) is 65.1 Å². The molecule has 0 N–H and O–H groups in total. The molecule has 0 radical (unpaired) electrons. The van der Waals surface area contributed by atoms with E-state index in [0.29, 0.717) is 40.0 Å². The van der Waals surface area contributed by atoms with E-state index in [1.54, 1.807) is 55.7 Å². The van der Waals surface area contributed by atoms with Crippen LogP contribution in [-0.4, -0.2) is 32.0 Å². The Bertz CT molecular complexity index is 892. The van der Waals surface area contributed by atoms with Gasteiger partial charge in [0.25, 0.3) is 11.1 Å². The zero-order chi connectivity index (χ0) is 19.4. The van der Waals surface area contributed by atoms with Gasteiger partial charge in [0.05, 0.1) is 31.4 Å². The molecule has 0 unspecified atom stereocenters. The van der Waals surface area contributed by atoms with E-state index in [9.17, 15) is 9.59 Å². The largest absolute Gasteiger partial charge is 0.497 e. The zero-order valence-electron chi connectivity index (χ0n) is 15.2. The van der Waals surface area contributed by atoms with Gasteiger partial charge in [-0.2, -0.15) is 0 Å². The molecule has 0 aromatic heterocycles. The summed E-state index contributed by atoms with van der Waals surface area (Å²) in [6.07, 6.45) is 1.65. The minimum Gasteiger partial charge on any atom is -0.497 e. The van der Waals surface area contributed by atoms with Gasteiger partial charge in [-0.25, -0.2) is 4.90 Å². The van der Waals surface area contributed by atoms with Crippen LogP contribution in [0, 0.1) is 0 Å². The second-order valence-electron chi connectivity index (χ2n) is 5.55. The standard InChI is InChI=1S/C20H19NO5S/c1-4-26-15-9-6-14(7-10-15)21-19(22)18(27-20(21)23)11-13-5-8-16(24-2)12-17(13)25-3/h5-12H,4H2,1-3H3/b18-11+. The Morgan fingerprint density at radius 1 is 1.00 bits per heavy atom. The number of thioether (sulfide) groups is 1. The van der Waals surface area contributed by atoms with Crippen molar-refractivity contribution >= 4 is 34.7 Å². The lowest BCUT2D eigenvalue weighted by atomic mass is 10.1. The van der Waals surface area contributed by atoms with Crippen molar-refractivity contribution in [2.45, 2.75) is 6.92 Å². The first-order valence-electron chi connectivity index (χ1n) is 8.30. The fraction of sp³-hybridized carbons (Fsp3) is 0.200. The molecule has 0 saturated carbocycles. The molecule has 1 heterocycles. The predicted octanol–water partition coefficient (Wildman–Crippen LogP) is 4.34. The lowest BCUT2D eigenvalue weighted by Gasteiger charge is -2.13. The van der Waals surface area contributed by atoms with E-state index in [4.69, 9.17) is 14.2 Å². The van der Waals surface area contributed by atoms with Crippen LogP contribution in [0.1, 0.15) is 12.5 Å². The average Bonchev–Trinajstić information content (AvgIpc) is 2.96. The molecule has 1 fully saturated rings. The summed E-state index contributed by atoms with van der Waals surface area (Å²) < 4.78 is 15.9. The van der Waals surface area contributed by atoms with Crippen molar-refractivity contribution in [3.05, 3.63) is 52.9 Å². The van der Waals surface area contributed by atoms with Crippen molar-refractivity contribution in [3.63, 3.8) is 0 Å². The number of nitrogens with zero attached hydrogens (tertiary/aromatic N) is 1. The van der Waals surface area contributed by atoms with Crippen LogP contribution >= 0.6 is 11.8 Å². The third kappa shape index (κ3) is 3.93. The van der Waals surface area contributed by atoms with Crippen LogP contribution in [0.3, 0.4) is 0 Å². The number of ether oxygens (including phenoxy) is 3. The first-order valence-corrected chi connectivity index (χ1v) is 9.12. The molecular weight excluding hydrogens is 366 g/mol. The Hall–Kier alpha value is -2.93. The van der Waals surface area contributed by atoms with Crippen molar-refractivity contribution < 1.29 is 23.8 Å². The smallest absolute Gasteiger partial charge is 0.298 e. The van der Waals surface area contributed by atoms with Crippen molar-refractivity contribution in [2.75, 3.05) is 25.7 Å². The second kappa shape index (κ2) is 8.18. The average molecular weight is 385 g/mol. The van der Waals surface area contributed by atoms with E-state index in [-0.39, 0.29) is 11.1 Å². The van der Waals surface area contributed by atoms with Gasteiger partial charge in [-0.05, 0) is 61.2 Å². The number of carbonyl (C=O) groups excluding carboxylic acids is 2. The van der Waals surface area contributed by atoms with Crippen LogP contribution in [0.2, 0.25) is 0 Å². The van der Waals surface area contributed by atoms with Crippen LogP contribution in [0.15, 0.2) is 47.4 Å². The fourth-order valence-corrected chi connectivity index (χ4v) is 3.46. The summed E-state index contributed by atoms with van der Waals surface area (Å²) in [7, 11) is 3.11. The number of anilines is 1. The second-order valence-corrected chi connectivity index (χ2v) is 6.55. The van der Waals surface area contributed by atoms with Crippen molar-refractivity contribution in [1.29, 1.82) is 0 Å². The van der Waals surface area contributed by atoms with Gasteiger partial charge in [-0.15, -0.1) is 0 Å². The van der Waals surface area contributed by atoms with E-state index in [1.165, 1.54) is 7.11 Å². The molecule has 3 rings (SSSR count).